The first-order valence-corrected chi connectivity index (χ1v) is 10.7. The van der Waals surface area contributed by atoms with Gasteiger partial charge >= 0.3 is 0 Å². The normalized spacial score (nSPS) is 21.4. The van der Waals surface area contributed by atoms with Crippen LogP contribution in [0.5, 0.6) is 5.75 Å². The first kappa shape index (κ1) is 19.6. The molecule has 26 heavy (non-hydrogen) atoms. The Morgan fingerprint density at radius 2 is 1.58 bits per heavy atom. The van der Waals surface area contributed by atoms with Gasteiger partial charge < -0.3 is 14.2 Å². The van der Waals surface area contributed by atoms with Gasteiger partial charge in [0, 0.05) is 38.8 Å². The number of ether oxygens (including phenoxy) is 3. The molecular weight excluding hydrogens is 356 g/mol. The van der Waals surface area contributed by atoms with Crippen molar-refractivity contribution in [3.8, 4) is 5.75 Å². The summed E-state index contributed by atoms with van der Waals surface area (Å²) >= 11 is 0. The van der Waals surface area contributed by atoms with E-state index < -0.39 is 9.84 Å². The van der Waals surface area contributed by atoms with Crippen LogP contribution in [0, 0.1) is 0 Å². The van der Waals surface area contributed by atoms with Crippen molar-refractivity contribution < 1.29 is 22.6 Å². The third-order valence-corrected chi connectivity index (χ3v) is 6.78. The summed E-state index contributed by atoms with van der Waals surface area (Å²) < 4.78 is 41.9. The zero-order chi connectivity index (χ0) is 18.4. The Labute approximate surface area is 155 Å². The number of morpholine rings is 2. The topological polar surface area (TPSA) is 68.3 Å². The highest BCUT2D eigenvalue weighted by molar-refractivity contribution is 7.91. The number of nitrogens with zero attached hydrogens (tertiary/aromatic N) is 2. The molecule has 2 aliphatic heterocycles. The van der Waals surface area contributed by atoms with Crippen LogP contribution in [0.2, 0.25) is 0 Å². The molecule has 0 saturated carbocycles. The Bertz CT molecular complexity index is 653. The zero-order valence-corrected chi connectivity index (χ0v) is 16.1. The fourth-order valence-corrected chi connectivity index (χ4v) is 5.00. The Hall–Kier alpha value is -1.19. The van der Waals surface area contributed by atoms with Gasteiger partial charge in [-0.15, -0.1) is 0 Å². The number of hydrogen-bond donors (Lipinski definition) is 0. The van der Waals surface area contributed by atoms with E-state index in [4.69, 9.17) is 14.2 Å². The smallest absolute Gasteiger partial charge is 0.179 e. The molecule has 0 bridgehead atoms. The quantitative estimate of drug-likeness (QED) is 0.678. The summed E-state index contributed by atoms with van der Waals surface area (Å²) in [5, 5.41) is 0. The second kappa shape index (κ2) is 9.14. The average Bonchev–Trinajstić information content (AvgIpc) is 2.69. The lowest BCUT2D eigenvalue weighted by Gasteiger charge is -2.38. The van der Waals surface area contributed by atoms with Gasteiger partial charge in [-0.25, -0.2) is 8.42 Å². The first-order valence-electron chi connectivity index (χ1n) is 9.07. The molecule has 2 heterocycles. The van der Waals surface area contributed by atoms with Crippen molar-refractivity contribution in [2.75, 3.05) is 72.0 Å². The molecule has 1 aromatic rings. The summed E-state index contributed by atoms with van der Waals surface area (Å²) in [7, 11) is -1.81. The molecule has 0 amide bonds. The lowest BCUT2D eigenvalue weighted by Crippen LogP contribution is -2.53. The molecule has 0 N–H and O–H groups in total. The third kappa shape index (κ3) is 5.17. The number of sulfone groups is 1. The summed E-state index contributed by atoms with van der Waals surface area (Å²) in [5.74, 6) is 0.762. The van der Waals surface area contributed by atoms with Crippen molar-refractivity contribution in [3.05, 3.63) is 24.3 Å². The van der Waals surface area contributed by atoms with Crippen LogP contribution in [0.1, 0.15) is 0 Å². The molecule has 1 unspecified atom stereocenters. The van der Waals surface area contributed by atoms with E-state index in [1.54, 1.807) is 31.4 Å². The SMILES string of the molecule is COc1ccc(S(=O)(=O)CC(CN2CCOCC2)N2CCOCC2)cc1. The van der Waals surface area contributed by atoms with E-state index in [0.717, 1.165) is 32.7 Å². The predicted octanol–water partition coefficient (Wildman–Crippen LogP) is 0.502. The monoisotopic (exact) mass is 384 g/mol. The fraction of sp³-hybridized carbons (Fsp3) is 0.667. The second-order valence-electron chi connectivity index (χ2n) is 6.67. The minimum absolute atomic E-state index is 0.0518. The van der Waals surface area contributed by atoms with Crippen LogP contribution >= 0.6 is 0 Å². The van der Waals surface area contributed by atoms with Crippen molar-refractivity contribution in [2.45, 2.75) is 10.9 Å². The molecule has 7 nitrogen and oxygen atoms in total. The van der Waals surface area contributed by atoms with Gasteiger partial charge in [0.25, 0.3) is 0 Å². The van der Waals surface area contributed by atoms with Gasteiger partial charge in [-0.1, -0.05) is 0 Å². The first-order chi connectivity index (χ1) is 12.6. The largest absolute Gasteiger partial charge is 0.497 e. The van der Waals surface area contributed by atoms with Gasteiger partial charge in [0.05, 0.1) is 44.2 Å². The van der Waals surface area contributed by atoms with Crippen LogP contribution in [0.3, 0.4) is 0 Å². The Morgan fingerprint density at radius 3 is 2.15 bits per heavy atom. The average molecular weight is 384 g/mol. The molecule has 0 aromatic heterocycles. The molecule has 0 spiro atoms. The Balaban J connectivity index is 1.73. The lowest BCUT2D eigenvalue weighted by molar-refractivity contribution is -0.00459. The number of benzene rings is 1. The zero-order valence-electron chi connectivity index (χ0n) is 15.3. The van der Waals surface area contributed by atoms with E-state index in [1.165, 1.54) is 0 Å². The van der Waals surface area contributed by atoms with E-state index >= 15 is 0 Å². The van der Waals surface area contributed by atoms with Gasteiger partial charge in [-0.3, -0.25) is 9.80 Å². The number of methoxy groups -OCH3 is 1. The van der Waals surface area contributed by atoms with E-state index in [1.807, 2.05) is 0 Å². The maximum atomic E-state index is 13.0. The van der Waals surface area contributed by atoms with E-state index in [0.29, 0.717) is 37.1 Å². The Kier molecular flexibility index (Phi) is 6.88. The van der Waals surface area contributed by atoms with Gasteiger partial charge in [-0.05, 0) is 24.3 Å². The maximum absolute atomic E-state index is 13.0. The molecule has 0 aliphatic carbocycles. The second-order valence-corrected chi connectivity index (χ2v) is 8.71. The highest BCUT2D eigenvalue weighted by Crippen LogP contribution is 2.19. The van der Waals surface area contributed by atoms with E-state index in [-0.39, 0.29) is 11.8 Å². The molecule has 3 rings (SSSR count). The lowest BCUT2D eigenvalue weighted by atomic mass is 10.2. The van der Waals surface area contributed by atoms with E-state index in [2.05, 4.69) is 9.80 Å². The molecule has 1 atom stereocenters. The van der Waals surface area contributed by atoms with Gasteiger partial charge in [-0.2, -0.15) is 0 Å². The number of hydrogen-bond acceptors (Lipinski definition) is 7. The summed E-state index contributed by atoms with van der Waals surface area (Å²) in [5.41, 5.74) is 0. The van der Waals surface area contributed by atoms with Crippen molar-refractivity contribution in [1.29, 1.82) is 0 Å². The van der Waals surface area contributed by atoms with Crippen LogP contribution < -0.4 is 4.74 Å². The molecular formula is C18H28N2O5S. The third-order valence-electron chi connectivity index (χ3n) is 4.97. The van der Waals surface area contributed by atoms with Gasteiger partial charge in [0.1, 0.15) is 5.75 Å². The van der Waals surface area contributed by atoms with Crippen LogP contribution in [-0.4, -0.2) is 96.3 Å². The van der Waals surface area contributed by atoms with Crippen LogP contribution in [0.15, 0.2) is 29.2 Å². The highest BCUT2D eigenvalue weighted by Gasteiger charge is 2.29. The fourth-order valence-electron chi connectivity index (χ4n) is 3.43. The molecule has 2 saturated heterocycles. The van der Waals surface area contributed by atoms with Crippen molar-refractivity contribution in [2.24, 2.45) is 0 Å². The summed E-state index contributed by atoms with van der Waals surface area (Å²) in [6.45, 7) is 6.71. The van der Waals surface area contributed by atoms with Crippen molar-refractivity contribution in [3.63, 3.8) is 0 Å². The minimum Gasteiger partial charge on any atom is -0.497 e. The maximum Gasteiger partial charge on any atom is 0.179 e. The van der Waals surface area contributed by atoms with Crippen molar-refractivity contribution >= 4 is 9.84 Å². The molecule has 8 heteroatoms. The summed E-state index contributed by atoms with van der Waals surface area (Å²) in [6, 6.07) is 6.58. The number of rotatable bonds is 7. The van der Waals surface area contributed by atoms with Crippen LogP contribution in [0.4, 0.5) is 0 Å². The van der Waals surface area contributed by atoms with E-state index in [9.17, 15) is 8.42 Å². The van der Waals surface area contributed by atoms with Gasteiger partial charge in [0.15, 0.2) is 9.84 Å². The standard InChI is InChI=1S/C18H28N2O5S/c1-23-17-2-4-18(5-3-17)26(21,22)15-16(20-8-12-25-13-9-20)14-19-6-10-24-11-7-19/h2-5,16H,6-15H2,1H3. The molecule has 146 valence electrons. The minimum atomic E-state index is -3.38. The highest BCUT2D eigenvalue weighted by atomic mass is 32.2. The molecule has 2 fully saturated rings. The van der Waals surface area contributed by atoms with Crippen molar-refractivity contribution in [1.82, 2.24) is 9.80 Å². The Morgan fingerprint density at radius 1 is 1.00 bits per heavy atom. The van der Waals surface area contributed by atoms with Crippen LogP contribution in [0.25, 0.3) is 0 Å². The van der Waals surface area contributed by atoms with Gasteiger partial charge in [0.2, 0.25) is 0 Å². The summed E-state index contributed by atoms with van der Waals surface area (Å²) in [4.78, 5) is 4.89. The molecule has 0 radical (unpaired) electrons. The predicted molar refractivity (Wildman–Crippen MR) is 98.5 cm³/mol. The molecule has 2 aliphatic rings. The molecule has 1 aromatic carbocycles. The summed E-state index contributed by atoms with van der Waals surface area (Å²) in [6.07, 6.45) is 0. The van der Waals surface area contributed by atoms with Crippen LogP contribution in [-0.2, 0) is 19.3 Å².